The van der Waals surface area contributed by atoms with E-state index in [1.165, 1.54) is 12.3 Å². The number of aromatic nitrogens is 1. The number of hydrogen-bond donors (Lipinski definition) is 1. The van der Waals surface area contributed by atoms with Crippen LogP contribution in [0, 0.1) is 0 Å². The Labute approximate surface area is 165 Å². The van der Waals surface area contributed by atoms with Gasteiger partial charge in [0, 0.05) is 12.1 Å². The normalized spacial score (nSPS) is 16.1. The van der Waals surface area contributed by atoms with E-state index >= 15 is 0 Å². The zero-order chi connectivity index (χ0) is 21.1. The van der Waals surface area contributed by atoms with Gasteiger partial charge < -0.3 is 9.84 Å². The molecule has 1 fully saturated rings. The van der Waals surface area contributed by atoms with Gasteiger partial charge in [0.1, 0.15) is 6.26 Å². The van der Waals surface area contributed by atoms with Crippen molar-refractivity contribution < 1.29 is 30.9 Å². The Morgan fingerprint density at radius 3 is 2.55 bits per heavy atom. The maximum atomic E-state index is 13.2. The van der Waals surface area contributed by atoms with Gasteiger partial charge in [-0.15, -0.1) is 0 Å². The Bertz CT molecular complexity index is 940. The fraction of sp³-hybridized carbons (Fsp3) is 0.444. The number of hydrogen-bond acceptors (Lipinski definition) is 5. The smallest absolute Gasteiger partial charge is 0.363 e. The van der Waals surface area contributed by atoms with E-state index in [2.05, 4.69) is 15.0 Å². The zero-order valence-corrected chi connectivity index (χ0v) is 16.2. The van der Waals surface area contributed by atoms with E-state index in [4.69, 9.17) is 0 Å². The van der Waals surface area contributed by atoms with Gasteiger partial charge in [-0.25, -0.2) is 8.42 Å². The van der Waals surface area contributed by atoms with Gasteiger partial charge in [-0.3, -0.25) is 4.79 Å². The highest BCUT2D eigenvalue weighted by Gasteiger charge is 2.36. The number of amides is 1. The molecule has 0 radical (unpaired) electrons. The van der Waals surface area contributed by atoms with Crippen LogP contribution in [0.4, 0.5) is 19.0 Å². The van der Waals surface area contributed by atoms with E-state index in [0.717, 1.165) is 41.8 Å². The Hall–Kier alpha value is -2.40. The lowest BCUT2D eigenvalue weighted by atomic mass is 9.95. The van der Waals surface area contributed by atoms with Crippen molar-refractivity contribution in [2.24, 2.45) is 0 Å². The summed E-state index contributed by atoms with van der Waals surface area (Å²) in [6.45, 7) is -0.532. The topological polar surface area (TPSA) is 92.5 Å². The van der Waals surface area contributed by atoms with Crippen LogP contribution in [0.1, 0.15) is 37.7 Å². The molecule has 7 nitrogen and oxygen atoms in total. The molecule has 0 bridgehead atoms. The third-order valence-corrected chi connectivity index (χ3v) is 6.65. The van der Waals surface area contributed by atoms with Crippen molar-refractivity contribution >= 4 is 21.7 Å². The maximum absolute atomic E-state index is 13.2. The van der Waals surface area contributed by atoms with Crippen molar-refractivity contribution in [3.8, 4) is 0 Å². The number of halogens is 3. The average molecular weight is 431 g/mol. The highest BCUT2D eigenvalue weighted by molar-refractivity contribution is 7.89. The van der Waals surface area contributed by atoms with Crippen LogP contribution < -0.4 is 5.32 Å². The number of nitrogens with zero attached hydrogens (tertiary/aromatic N) is 2. The second kappa shape index (κ2) is 8.54. The highest BCUT2D eigenvalue weighted by atomic mass is 32.2. The lowest BCUT2D eigenvalue weighted by Gasteiger charge is -2.33. The molecule has 0 atom stereocenters. The minimum atomic E-state index is -4.68. The van der Waals surface area contributed by atoms with Crippen molar-refractivity contribution in [3.63, 3.8) is 0 Å². The van der Waals surface area contributed by atoms with Gasteiger partial charge in [0.15, 0.2) is 5.82 Å². The molecule has 3 rings (SSSR count). The number of sulfonamides is 1. The quantitative estimate of drug-likeness (QED) is 0.754. The monoisotopic (exact) mass is 431 g/mol. The number of anilines is 1. The summed E-state index contributed by atoms with van der Waals surface area (Å²) in [5, 5.41) is 5.96. The van der Waals surface area contributed by atoms with E-state index in [-0.39, 0.29) is 5.82 Å². The van der Waals surface area contributed by atoms with Crippen LogP contribution in [0.25, 0.3) is 0 Å². The van der Waals surface area contributed by atoms with Gasteiger partial charge in [-0.2, -0.15) is 17.5 Å². The lowest BCUT2D eigenvalue weighted by molar-refractivity contribution is -0.137. The SMILES string of the molecule is O=C(CN(C1CCCCC1)S(=O)(=O)c1cccc(C(F)(F)F)c1)Nc1ccon1. The summed E-state index contributed by atoms with van der Waals surface area (Å²) in [6, 6.07) is 4.48. The first-order valence-corrected chi connectivity index (χ1v) is 10.5. The van der Waals surface area contributed by atoms with Gasteiger partial charge >= 0.3 is 6.18 Å². The van der Waals surface area contributed by atoms with Crippen LogP contribution in [-0.4, -0.2) is 36.4 Å². The Morgan fingerprint density at radius 1 is 1.21 bits per heavy atom. The average Bonchev–Trinajstić information content (AvgIpc) is 3.19. The van der Waals surface area contributed by atoms with Gasteiger partial charge in [0.05, 0.1) is 17.0 Å². The Kier molecular flexibility index (Phi) is 6.27. The lowest BCUT2D eigenvalue weighted by Crippen LogP contribution is -2.45. The van der Waals surface area contributed by atoms with Crippen LogP contribution in [0.5, 0.6) is 0 Å². The third-order valence-electron chi connectivity index (χ3n) is 4.75. The molecule has 2 aromatic rings. The molecule has 1 saturated carbocycles. The predicted molar refractivity (Wildman–Crippen MR) is 97.3 cm³/mol. The van der Waals surface area contributed by atoms with Crippen LogP contribution in [-0.2, 0) is 21.0 Å². The molecule has 1 aromatic heterocycles. The molecule has 1 aromatic carbocycles. The molecule has 0 unspecified atom stereocenters. The molecule has 1 heterocycles. The zero-order valence-electron chi connectivity index (χ0n) is 15.4. The first kappa shape index (κ1) is 21.3. The molecule has 0 spiro atoms. The van der Waals surface area contributed by atoms with Crippen LogP contribution in [0.15, 0.2) is 46.0 Å². The second-order valence-corrected chi connectivity index (χ2v) is 8.69. The van der Waals surface area contributed by atoms with E-state index in [9.17, 15) is 26.4 Å². The molecular formula is C18H20F3N3O4S. The summed E-state index contributed by atoms with van der Waals surface area (Å²) in [5.41, 5.74) is -1.06. The van der Waals surface area contributed by atoms with Gasteiger partial charge in [0.2, 0.25) is 15.9 Å². The number of alkyl halides is 3. The molecule has 1 amide bonds. The number of carbonyl (C=O) groups excluding carboxylic acids is 1. The van der Waals surface area contributed by atoms with Gasteiger partial charge in [-0.05, 0) is 31.0 Å². The molecule has 0 saturated heterocycles. The minimum Gasteiger partial charge on any atom is -0.363 e. The summed E-state index contributed by atoms with van der Waals surface area (Å²) in [7, 11) is -4.33. The van der Waals surface area contributed by atoms with Crippen LogP contribution >= 0.6 is 0 Å². The van der Waals surface area contributed by atoms with Crippen molar-refractivity contribution in [2.45, 2.75) is 49.2 Å². The van der Waals surface area contributed by atoms with Crippen LogP contribution in [0.3, 0.4) is 0 Å². The molecular weight excluding hydrogens is 411 g/mol. The van der Waals surface area contributed by atoms with Crippen molar-refractivity contribution in [3.05, 3.63) is 42.2 Å². The fourth-order valence-corrected chi connectivity index (χ4v) is 5.04. The van der Waals surface area contributed by atoms with E-state index in [1.807, 2.05) is 0 Å². The van der Waals surface area contributed by atoms with E-state index in [1.54, 1.807) is 0 Å². The van der Waals surface area contributed by atoms with E-state index in [0.29, 0.717) is 18.9 Å². The molecule has 11 heteroatoms. The largest absolute Gasteiger partial charge is 0.416 e. The Morgan fingerprint density at radius 2 is 1.93 bits per heavy atom. The fourth-order valence-electron chi connectivity index (χ4n) is 3.35. The van der Waals surface area contributed by atoms with Gasteiger partial charge in [0.25, 0.3) is 0 Å². The standard InChI is InChI=1S/C18H20F3N3O4S/c19-18(20,21)13-5-4-8-15(11-13)29(26,27)24(14-6-2-1-3-7-14)12-17(25)22-16-9-10-28-23-16/h4-5,8-11,14H,1-3,6-7,12H2,(H,22,23,25). The summed E-state index contributed by atoms with van der Waals surface area (Å²) in [6.07, 6.45) is 0.151. The first-order valence-electron chi connectivity index (χ1n) is 9.07. The van der Waals surface area contributed by atoms with Crippen molar-refractivity contribution in [1.29, 1.82) is 0 Å². The number of carbonyl (C=O) groups is 1. The number of nitrogens with one attached hydrogen (secondary N) is 1. The highest BCUT2D eigenvalue weighted by Crippen LogP contribution is 2.33. The number of benzene rings is 1. The number of rotatable bonds is 6. The molecule has 1 aliphatic carbocycles. The minimum absolute atomic E-state index is 0.120. The second-order valence-electron chi connectivity index (χ2n) is 6.80. The van der Waals surface area contributed by atoms with Crippen LogP contribution in [0.2, 0.25) is 0 Å². The van der Waals surface area contributed by atoms with Gasteiger partial charge in [-0.1, -0.05) is 30.5 Å². The summed E-state index contributed by atoms with van der Waals surface area (Å²) < 4.78 is 71.1. The Balaban J connectivity index is 1.90. The van der Waals surface area contributed by atoms with Crippen molar-refractivity contribution in [2.75, 3.05) is 11.9 Å². The molecule has 0 aliphatic heterocycles. The summed E-state index contributed by atoms with van der Waals surface area (Å²) in [4.78, 5) is 11.9. The first-order chi connectivity index (χ1) is 13.7. The third kappa shape index (κ3) is 5.15. The molecule has 158 valence electrons. The van der Waals surface area contributed by atoms with Crippen molar-refractivity contribution in [1.82, 2.24) is 9.46 Å². The predicted octanol–water partition coefficient (Wildman–Crippen LogP) is 3.66. The molecule has 29 heavy (non-hydrogen) atoms. The maximum Gasteiger partial charge on any atom is 0.416 e. The molecule has 1 N–H and O–H groups in total. The summed E-state index contributed by atoms with van der Waals surface area (Å²) in [5.74, 6) is -0.532. The molecule has 1 aliphatic rings. The van der Waals surface area contributed by atoms with E-state index < -0.39 is 45.2 Å². The summed E-state index contributed by atoms with van der Waals surface area (Å²) >= 11 is 0.